The lowest BCUT2D eigenvalue weighted by Crippen LogP contribution is -2.34. The van der Waals surface area contributed by atoms with Crippen LogP contribution in [0.5, 0.6) is 0 Å². The molecule has 3 aromatic carbocycles. The van der Waals surface area contributed by atoms with Crippen LogP contribution >= 0.6 is 0 Å². The Hall–Kier alpha value is -3.71. The summed E-state index contributed by atoms with van der Waals surface area (Å²) in [5.74, 6) is 0.267. The molecule has 0 fully saturated rings. The van der Waals surface area contributed by atoms with Gasteiger partial charge in [0.15, 0.2) is 6.19 Å². The molecule has 1 aliphatic rings. The Kier molecular flexibility index (Phi) is 7.46. The molecule has 0 saturated carbocycles. The molecule has 4 N–H and O–H groups in total. The van der Waals surface area contributed by atoms with Crippen molar-refractivity contribution in [3.05, 3.63) is 95.1 Å². The van der Waals surface area contributed by atoms with Crippen molar-refractivity contribution < 1.29 is 13.5 Å². The summed E-state index contributed by atoms with van der Waals surface area (Å²) in [5, 5.41) is 25.4. The molecular formula is C26H27N5O3S. The molecule has 0 bridgehead atoms. The van der Waals surface area contributed by atoms with Gasteiger partial charge in [-0.25, -0.2) is 18.1 Å². The van der Waals surface area contributed by atoms with E-state index in [1.165, 1.54) is 0 Å². The van der Waals surface area contributed by atoms with Crippen LogP contribution in [0.4, 0.5) is 5.69 Å². The second-order valence-corrected chi connectivity index (χ2v) is 10.0. The summed E-state index contributed by atoms with van der Waals surface area (Å²) in [6, 6.07) is 21.0. The zero-order valence-electron chi connectivity index (χ0n) is 19.3. The Morgan fingerprint density at radius 2 is 1.83 bits per heavy atom. The maximum Gasteiger partial charge on any atom is 0.241 e. The maximum absolute atomic E-state index is 13.0. The summed E-state index contributed by atoms with van der Waals surface area (Å²) >= 11 is 0. The van der Waals surface area contributed by atoms with E-state index in [0.29, 0.717) is 24.2 Å². The van der Waals surface area contributed by atoms with Gasteiger partial charge in [-0.05, 0) is 52.9 Å². The van der Waals surface area contributed by atoms with Crippen molar-refractivity contribution in [2.75, 3.05) is 5.32 Å². The minimum absolute atomic E-state index is 0.151. The number of anilines is 1. The van der Waals surface area contributed by atoms with E-state index in [2.05, 4.69) is 20.3 Å². The summed E-state index contributed by atoms with van der Waals surface area (Å²) < 4.78 is 28.7. The number of sulfonamides is 1. The molecule has 8 nitrogen and oxygen atoms in total. The molecule has 0 aliphatic heterocycles. The number of nitriles is 1. The first kappa shape index (κ1) is 24.4. The van der Waals surface area contributed by atoms with Crippen LogP contribution in [-0.2, 0) is 29.4 Å². The number of hydrogen-bond acceptors (Lipinski definition) is 5. The van der Waals surface area contributed by atoms with E-state index >= 15 is 0 Å². The third-order valence-electron chi connectivity index (χ3n) is 5.92. The summed E-state index contributed by atoms with van der Waals surface area (Å²) in [6.07, 6.45) is 2.13. The fourth-order valence-electron chi connectivity index (χ4n) is 4.03. The van der Waals surface area contributed by atoms with Crippen molar-refractivity contribution in [2.45, 2.75) is 43.4 Å². The standard InChI is InChI=1S/C26H27N5O3S/c1-2-18-8-12-22(13-9-18)35(33,34)31-25-23-15-21(11-10-20(23)14-24(25)32)30-26(29-17-27)28-16-19-6-4-3-5-7-19/h3-13,15,24-25,31-32H,2,14,16H2,1H3,(H2,28,29,30)/t24-,25-/m1/s1. The maximum atomic E-state index is 13.0. The van der Waals surface area contributed by atoms with Crippen LogP contribution in [0.1, 0.15) is 35.2 Å². The predicted molar refractivity (Wildman–Crippen MR) is 135 cm³/mol. The van der Waals surface area contributed by atoms with Crippen molar-refractivity contribution in [3.63, 3.8) is 0 Å². The highest BCUT2D eigenvalue weighted by molar-refractivity contribution is 7.89. The predicted octanol–water partition coefficient (Wildman–Crippen LogP) is 3.22. The Balaban J connectivity index is 1.54. The van der Waals surface area contributed by atoms with Crippen LogP contribution in [0.2, 0.25) is 0 Å². The molecular weight excluding hydrogens is 462 g/mol. The summed E-state index contributed by atoms with van der Waals surface area (Å²) in [4.78, 5) is 4.58. The number of hydrogen-bond donors (Lipinski definition) is 4. The number of benzene rings is 3. The normalized spacial score (nSPS) is 17.5. The number of nitrogens with one attached hydrogen (secondary N) is 3. The van der Waals surface area contributed by atoms with Crippen LogP contribution in [-0.4, -0.2) is 25.6 Å². The SMILES string of the molecule is CCc1ccc(S(=O)(=O)N[C@@H]2c3cc(NC(=NCc4ccccc4)NC#N)ccc3C[C@H]2O)cc1. The molecule has 1 aliphatic carbocycles. The fraction of sp³-hybridized carbons (Fsp3) is 0.231. The first-order valence-corrected chi connectivity index (χ1v) is 12.8. The van der Waals surface area contributed by atoms with E-state index in [1.54, 1.807) is 30.3 Å². The van der Waals surface area contributed by atoms with Crippen molar-refractivity contribution in [1.29, 1.82) is 5.26 Å². The van der Waals surface area contributed by atoms with Crippen molar-refractivity contribution in [3.8, 4) is 6.19 Å². The van der Waals surface area contributed by atoms with Gasteiger partial charge in [0.05, 0.1) is 23.6 Å². The zero-order valence-corrected chi connectivity index (χ0v) is 20.1. The van der Waals surface area contributed by atoms with Gasteiger partial charge in [0, 0.05) is 12.1 Å². The third kappa shape index (κ3) is 5.87. The fourth-order valence-corrected chi connectivity index (χ4v) is 5.28. The van der Waals surface area contributed by atoms with Crippen LogP contribution in [0, 0.1) is 11.5 Å². The molecule has 9 heteroatoms. The smallest absolute Gasteiger partial charge is 0.241 e. The monoisotopic (exact) mass is 489 g/mol. The summed E-state index contributed by atoms with van der Waals surface area (Å²) in [5.41, 5.74) is 4.18. The van der Waals surface area contributed by atoms with Gasteiger partial charge in [-0.1, -0.05) is 55.5 Å². The van der Waals surface area contributed by atoms with E-state index in [9.17, 15) is 13.5 Å². The van der Waals surface area contributed by atoms with Gasteiger partial charge in [-0.3, -0.25) is 5.32 Å². The Morgan fingerprint density at radius 3 is 2.51 bits per heavy atom. The van der Waals surface area contributed by atoms with Crippen LogP contribution in [0.15, 0.2) is 82.7 Å². The average Bonchev–Trinajstić information content (AvgIpc) is 3.17. The zero-order chi connectivity index (χ0) is 24.8. The highest BCUT2D eigenvalue weighted by Crippen LogP contribution is 2.34. The minimum atomic E-state index is -3.84. The van der Waals surface area contributed by atoms with Crippen molar-refractivity contribution >= 4 is 21.7 Å². The number of fused-ring (bicyclic) bond motifs is 1. The van der Waals surface area contributed by atoms with Crippen molar-refractivity contribution in [2.24, 2.45) is 4.99 Å². The largest absolute Gasteiger partial charge is 0.391 e. The molecule has 0 heterocycles. The second kappa shape index (κ2) is 10.7. The van der Waals surface area contributed by atoms with E-state index in [1.807, 2.05) is 55.6 Å². The number of aliphatic hydroxyl groups excluding tert-OH is 1. The number of aliphatic imine (C=N–C) groups is 1. The number of rotatable bonds is 7. The summed E-state index contributed by atoms with van der Waals surface area (Å²) in [7, 11) is -3.84. The second-order valence-electron chi connectivity index (χ2n) is 8.29. The van der Waals surface area contributed by atoms with Gasteiger partial charge in [0.1, 0.15) is 0 Å². The average molecular weight is 490 g/mol. The van der Waals surface area contributed by atoms with Gasteiger partial charge in [0.2, 0.25) is 16.0 Å². The first-order chi connectivity index (χ1) is 16.9. The van der Waals surface area contributed by atoms with Crippen LogP contribution in [0.3, 0.4) is 0 Å². The van der Waals surface area contributed by atoms with Gasteiger partial charge >= 0.3 is 0 Å². The topological polar surface area (TPSA) is 127 Å². The molecule has 0 unspecified atom stereocenters. The van der Waals surface area contributed by atoms with E-state index in [0.717, 1.165) is 23.1 Å². The lowest BCUT2D eigenvalue weighted by atomic mass is 10.1. The molecule has 0 radical (unpaired) electrons. The van der Waals surface area contributed by atoms with E-state index < -0.39 is 22.2 Å². The molecule has 0 aromatic heterocycles. The first-order valence-electron chi connectivity index (χ1n) is 11.3. The number of guanidine groups is 1. The number of aliphatic hydroxyl groups is 1. The molecule has 3 aromatic rings. The highest BCUT2D eigenvalue weighted by Gasteiger charge is 2.34. The Bertz CT molecular complexity index is 1350. The van der Waals surface area contributed by atoms with E-state index in [4.69, 9.17) is 5.26 Å². The molecule has 35 heavy (non-hydrogen) atoms. The lowest BCUT2D eigenvalue weighted by molar-refractivity contribution is 0.151. The minimum Gasteiger partial charge on any atom is -0.391 e. The van der Waals surface area contributed by atoms with Crippen molar-refractivity contribution in [1.82, 2.24) is 10.0 Å². The Labute approximate surface area is 205 Å². The molecule has 0 spiro atoms. The van der Waals surface area contributed by atoms with Gasteiger partial charge in [-0.15, -0.1) is 0 Å². The summed E-state index contributed by atoms with van der Waals surface area (Å²) in [6.45, 7) is 2.38. The van der Waals surface area contributed by atoms with Gasteiger partial charge < -0.3 is 10.4 Å². The van der Waals surface area contributed by atoms with Gasteiger partial charge in [-0.2, -0.15) is 5.26 Å². The third-order valence-corrected chi connectivity index (χ3v) is 7.38. The molecule has 180 valence electrons. The van der Waals surface area contributed by atoms with Gasteiger partial charge in [0.25, 0.3) is 0 Å². The van der Waals surface area contributed by atoms with Crippen LogP contribution < -0.4 is 15.4 Å². The molecule has 0 amide bonds. The Morgan fingerprint density at radius 1 is 1.09 bits per heavy atom. The van der Waals surface area contributed by atoms with Crippen LogP contribution in [0.25, 0.3) is 0 Å². The molecule has 2 atom stereocenters. The molecule has 4 rings (SSSR count). The number of aryl methyl sites for hydroxylation is 1. The lowest BCUT2D eigenvalue weighted by Gasteiger charge is -2.19. The van der Waals surface area contributed by atoms with E-state index in [-0.39, 0.29) is 10.9 Å². The highest BCUT2D eigenvalue weighted by atomic mass is 32.2. The number of nitrogens with zero attached hydrogens (tertiary/aromatic N) is 2. The quantitative estimate of drug-likeness (QED) is 0.175. The molecule has 0 saturated heterocycles.